The van der Waals surface area contributed by atoms with Crippen molar-refractivity contribution in [2.24, 2.45) is 0 Å². The minimum atomic E-state index is 0.290. The molecule has 2 aromatic rings. The van der Waals surface area contributed by atoms with Crippen molar-refractivity contribution in [1.29, 1.82) is 0 Å². The summed E-state index contributed by atoms with van der Waals surface area (Å²) >= 11 is 0. The Bertz CT molecular complexity index is 706. The molecule has 0 spiro atoms. The molecule has 1 aromatic heterocycles. The maximum Gasteiger partial charge on any atom is 0.104 e. The molecule has 0 radical (unpaired) electrons. The fourth-order valence-electron chi connectivity index (χ4n) is 3.59. The summed E-state index contributed by atoms with van der Waals surface area (Å²) in [4.78, 5) is 9.60. The van der Waals surface area contributed by atoms with Gasteiger partial charge in [-0.25, -0.2) is 0 Å². The van der Waals surface area contributed by atoms with Gasteiger partial charge < -0.3 is 9.80 Å². The van der Waals surface area contributed by atoms with Crippen LogP contribution in [0.15, 0.2) is 36.5 Å². The van der Waals surface area contributed by atoms with Crippen LogP contribution >= 0.6 is 0 Å². The second-order valence-electron chi connectivity index (χ2n) is 7.04. The van der Waals surface area contributed by atoms with Gasteiger partial charge in [0.1, 0.15) is 6.17 Å². The van der Waals surface area contributed by atoms with Crippen LogP contribution in [-0.4, -0.2) is 17.2 Å². The van der Waals surface area contributed by atoms with Gasteiger partial charge in [-0.1, -0.05) is 26.0 Å². The number of nitrogens with zero attached hydrogens (tertiary/aromatic N) is 3. The van der Waals surface area contributed by atoms with Gasteiger partial charge in [-0.15, -0.1) is 0 Å². The fourth-order valence-corrected chi connectivity index (χ4v) is 3.59. The fraction of sp³-hybridized carbons (Fsp3) is 0.450. The molecule has 122 valence electrons. The van der Waals surface area contributed by atoms with E-state index in [4.69, 9.17) is 4.98 Å². The first kappa shape index (κ1) is 15.9. The molecule has 3 nitrogen and oxygen atoms in total. The first-order valence-electron chi connectivity index (χ1n) is 8.55. The molecular weight excluding hydrogens is 282 g/mol. The third-order valence-electron chi connectivity index (χ3n) is 4.71. The molecular formula is C20H27N3. The van der Waals surface area contributed by atoms with Crippen LogP contribution in [0.3, 0.4) is 0 Å². The van der Waals surface area contributed by atoms with E-state index in [0.29, 0.717) is 12.0 Å². The lowest BCUT2D eigenvalue weighted by Crippen LogP contribution is -2.42. The molecule has 0 saturated heterocycles. The van der Waals surface area contributed by atoms with Gasteiger partial charge in [0, 0.05) is 11.7 Å². The zero-order chi connectivity index (χ0) is 16.7. The highest BCUT2D eigenvalue weighted by Crippen LogP contribution is 2.45. The Kier molecular flexibility index (Phi) is 4.05. The summed E-state index contributed by atoms with van der Waals surface area (Å²) in [6.07, 6.45) is 2.33. The number of rotatable bonds is 3. The average Bonchev–Trinajstić information content (AvgIpc) is 2.79. The van der Waals surface area contributed by atoms with E-state index in [1.807, 2.05) is 6.20 Å². The van der Waals surface area contributed by atoms with Crippen LogP contribution in [0.25, 0.3) is 0 Å². The molecule has 1 atom stereocenters. The molecule has 0 amide bonds. The van der Waals surface area contributed by atoms with Crippen LogP contribution in [0.4, 0.5) is 17.1 Å². The van der Waals surface area contributed by atoms with Crippen LogP contribution < -0.4 is 9.80 Å². The summed E-state index contributed by atoms with van der Waals surface area (Å²) in [6.45, 7) is 13.4. The Hall–Kier alpha value is -2.03. The molecule has 0 fully saturated rings. The number of pyridine rings is 1. The van der Waals surface area contributed by atoms with Crippen molar-refractivity contribution in [2.45, 2.75) is 59.7 Å². The minimum absolute atomic E-state index is 0.290. The van der Waals surface area contributed by atoms with E-state index in [-0.39, 0.29) is 6.17 Å². The normalized spacial score (nSPS) is 17.3. The number of fused-ring (bicyclic) bond motifs is 1. The van der Waals surface area contributed by atoms with Gasteiger partial charge in [-0.3, -0.25) is 4.98 Å². The van der Waals surface area contributed by atoms with Gasteiger partial charge in [-0.2, -0.15) is 0 Å². The van der Waals surface area contributed by atoms with Gasteiger partial charge in [0.05, 0.1) is 23.3 Å². The van der Waals surface area contributed by atoms with E-state index in [1.165, 1.54) is 22.6 Å². The van der Waals surface area contributed by atoms with Crippen LogP contribution in [0.5, 0.6) is 0 Å². The third kappa shape index (κ3) is 2.58. The van der Waals surface area contributed by atoms with E-state index in [9.17, 15) is 0 Å². The lowest BCUT2D eigenvalue weighted by Gasteiger charge is -2.33. The molecule has 0 aliphatic carbocycles. The van der Waals surface area contributed by atoms with Crippen LogP contribution in [-0.2, 0) is 0 Å². The van der Waals surface area contributed by atoms with Crippen molar-refractivity contribution in [2.75, 3.05) is 9.80 Å². The van der Waals surface area contributed by atoms with Crippen molar-refractivity contribution in [3.63, 3.8) is 0 Å². The first-order valence-corrected chi connectivity index (χ1v) is 8.55. The monoisotopic (exact) mass is 309 g/mol. The summed E-state index contributed by atoms with van der Waals surface area (Å²) in [6, 6.07) is 11.4. The largest absolute Gasteiger partial charge is 0.347 e. The van der Waals surface area contributed by atoms with Crippen molar-refractivity contribution < 1.29 is 0 Å². The summed E-state index contributed by atoms with van der Waals surface area (Å²) in [5, 5.41) is 0. The van der Waals surface area contributed by atoms with E-state index in [0.717, 1.165) is 5.69 Å². The Morgan fingerprint density at radius 2 is 1.65 bits per heavy atom. The van der Waals surface area contributed by atoms with E-state index in [2.05, 4.69) is 81.7 Å². The number of anilines is 3. The maximum atomic E-state index is 4.70. The number of para-hydroxylation sites is 2. The van der Waals surface area contributed by atoms with Crippen molar-refractivity contribution in [1.82, 2.24) is 4.98 Å². The minimum Gasteiger partial charge on any atom is -0.347 e. The van der Waals surface area contributed by atoms with E-state index in [1.54, 1.807) is 0 Å². The second kappa shape index (κ2) is 5.88. The average molecular weight is 309 g/mol. The van der Waals surface area contributed by atoms with Gasteiger partial charge >= 0.3 is 0 Å². The molecule has 1 aliphatic heterocycles. The Labute approximate surface area is 140 Å². The van der Waals surface area contributed by atoms with Gasteiger partial charge in [0.25, 0.3) is 0 Å². The zero-order valence-corrected chi connectivity index (χ0v) is 15.0. The van der Waals surface area contributed by atoms with Gasteiger partial charge in [0.2, 0.25) is 0 Å². The van der Waals surface area contributed by atoms with E-state index < -0.39 is 0 Å². The predicted octanol–water partition coefficient (Wildman–Crippen LogP) is 5.23. The number of benzene rings is 1. The number of hydrogen-bond acceptors (Lipinski definition) is 3. The highest BCUT2D eigenvalue weighted by atomic mass is 15.4. The zero-order valence-electron chi connectivity index (χ0n) is 15.0. The van der Waals surface area contributed by atoms with Crippen LogP contribution in [0.2, 0.25) is 0 Å². The molecule has 1 aliphatic rings. The maximum absolute atomic E-state index is 4.70. The first-order chi connectivity index (χ1) is 10.9. The van der Waals surface area contributed by atoms with Crippen LogP contribution in [0, 0.1) is 6.92 Å². The molecule has 2 heterocycles. The molecule has 0 saturated carbocycles. The highest BCUT2D eigenvalue weighted by Gasteiger charge is 2.35. The number of aryl methyl sites for hydroxylation is 1. The molecule has 0 unspecified atom stereocenters. The van der Waals surface area contributed by atoms with Gasteiger partial charge in [0.15, 0.2) is 0 Å². The van der Waals surface area contributed by atoms with Crippen LogP contribution in [0.1, 0.15) is 51.8 Å². The quantitative estimate of drug-likeness (QED) is 0.774. The smallest absolute Gasteiger partial charge is 0.104 e. The predicted molar refractivity (Wildman–Crippen MR) is 98.7 cm³/mol. The molecule has 0 bridgehead atoms. The highest BCUT2D eigenvalue weighted by molar-refractivity contribution is 5.84. The molecule has 3 rings (SSSR count). The SMILES string of the molecule is Cc1cc(C(C)C)ncc1N1c2ccccc2N(C(C)C)[C@H]1C. The molecule has 0 N–H and O–H groups in total. The Balaban J connectivity index is 2.10. The Morgan fingerprint density at radius 3 is 2.22 bits per heavy atom. The molecule has 3 heteroatoms. The Morgan fingerprint density at radius 1 is 1.00 bits per heavy atom. The lowest BCUT2D eigenvalue weighted by molar-refractivity contribution is 0.606. The van der Waals surface area contributed by atoms with Crippen molar-refractivity contribution in [3.05, 3.63) is 47.8 Å². The summed E-state index contributed by atoms with van der Waals surface area (Å²) in [5.74, 6) is 0.457. The number of hydrogen-bond donors (Lipinski definition) is 0. The van der Waals surface area contributed by atoms with Gasteiger partial charge in [-0.05, 0) is 57.4 Å². The third-order valence-corrected chi connectivity index (χ3v) is 4.71. The molecule has 23 heavy (non-hydrogen) atoms. The van der Waals surface area contributed by atoms with Crippen molar-refractivity contribution in [3.8, 4) is 0 Å². The van der Waals surface area contributed by atoms with Crippen molar-refractivity contribution >= 4 is 17.1 Å². The summed E-state index contributed by atoms with van der Waals surface area (Å²) in [5.41, 5.74) is 6.23. The van der Waals surface area contributed by atoms with E-state index >= 15 is 0 Å². The summed E-state index contributed by atoms with van der Waals surface area (Å²) in [7, 11) is 0. The standard InChI is InChI=1S/C20H27N3/c1-13(2)17-11-15(5)20(12-21-17)23-16(6)22(14(3)4)18-9-7-8-10-19(18)23/h7-14,16H,1-6H3/t16-/m1/s1. The summed E-state index contributed by atoms with van der Waals surface area (Å²) < 4.78 is 0. The molecule has 1 aromatic carbocycles. The number of aromatic nitrogens is 1. The topological polar surface area (TPSA) is 19.4 Å². The second-order valence-corrected chi connectivity index (χ2v) is 7.04. The lowest BCUT2D eigenvalue weighted by atomic mass is 10.1.